The molecule has 8 heteroatoms. The van der Waals surface area contributed by atoms with Crippen LogP contribution in [-0.4, -0.2) is 17.1 Å². The molecule has 2 heterocycles. The second kappa shape index (κ2) is 9.13. The highest BCUT2D eigenvalue weighted by Gasteiger charge is 2.32. The third-order valence-corrected chi connectivity index (χ3v) is 7.85. The number of thioether (sulfide) groups is 2. The number of nitrogens with zero attached hydrogens (tertiary/aromatic N) is 3. The van der Waals surface area contributed by atoms with Crippen molar-refractivity contribution in [3.63, 3.8) is 0 Å². The van der Waals surface area contributed by atoms with Gasteiger partial charge in [0.05, 0.1) is 33.7 Å². The molecule has 0 unspecified atom stereocenters. The minimum absolute atomic E-state index is 0.0825. The lowest BCUT2D eigenvalue weighted by molar-refractivity contribution is 0.905. The van der Waals surface area contributed by atoms with Gasteiger partial charge in [0, 0.05) is 9.79 Å². The normalized spacial score (nSPS) is 15.9. The Morgan fingerprint density at radius 1 is 0.969 bits per heavy atom. The summed E-state index contributed by atoms with van der Waals surface area (Å²) < 4.78 is 2.24. The summed E-state index contributed by atoms with van der Waals surface area (Å²) in [6.07, 6.45) is 5.78. The van der Waals surface area contributed by atoms with E-state index in [0.29, 0.717) is 14.8 Å². The Hall–Kier alpha value is -3.17. The minimum Gasteiger partial charge on any atom is -0.384 e. The Morgan fingerprint density at radius 2 is 1.53 bits per heavy atom. The van der Waals surface area contributed by atoms with Gasteiger partial charge in [0.1, 0.15) is 10.5 Å². The van der Waals surface area contributed by atoms with Gasteiger partial charge in [0.15, 0.2) is 0 Å². The Bertz CT molecular complexity index is 1480. The third-order valence-electron chi connectivity index (χ3n) is 5.25. The molecular weight excluding hydrogens is 456 g/mol. The summed E-state index contributed by atoms with van der Waals surface area (Å²) in [6, 6.07) is 20.0. The van der Waals surface area contributed by atoms with Crippen LogP contribution in [0.2, 0.25) is 0 Å². The van der Waals surface area contributed by atoms with Crippen molar-refractivity contribution < 1.29 is 0 Å². The zero-order valence-corrected chi connectivity index (χ0v) is 19.8. The smallest absolute Gasteiger partial charge is 0.274 e. The molecule has 5 nitrogen and oxygen atoms in total. The van der Waals surface area contributed by atoms with E-state index in [0.717, 1.165) is 20.9 Å². The van der Waals surface area contributed by atoms with E-state index < -0.39 is 5.92 Å². The topological polar surface area (TPSA) is 95.6 Å². The summed E-state index contributed by atoms with van der Waals surface area (Å²) in [6.45, 7) is 0. The molecule has 0 saturated heterocycles. The van der Waals surface area contributed by atoms with E-state index in [1.54, 1.807) is 29.6 Å². The molecule has 0 fully saturated rings. The Balaban J connectivity index is 1.97. The standard InChI is InChI=1S/C24H18N4OS3/c1-30-16-7-3-14(4-8-16)11-20-23(29)28-22(27)18(12-25)21(19(13-26)24(28)32-20)15-5-9-17(31-2)10-6-15/h3-11,21H,27H2,1-2H3/b20-11+/t21-/m1/s1. The summed E-state index contributed by atoms with van der Waals surface area (Å²) in [5.41, 5.74) is 8.24. The molecule has 2 N–H and O–H groups in total. The molecule has 0 saturated carbocycles. The fourth-order valence-electron chi connectivity index (χ4n) is 3.63. The average Bonchev–Trinajstić information content (AvgIpc) is 3.15. The van der Waals surface area contributed by atoms with E-state index in [1.165, 1.54) is 15.9 Å². The molecule has 158 valence electrons. The van der Waals surface area contributed by atoms with Crippen molar-refractivity contribution in [2.45, 2.75) is 15.7 Å². The molecular formula is C24H18N4OS3. The van der Waals surface area contributed by atoms with Crippen LogP contribution in [0.1, 0.15) is 17.0 Å². The monoisotopic (exact) mass is 474 g/mol. The number of nitrogens with two attached hydrogens (primary N) is 1. The van der Waals surface area contributed by atoms with E-state index >= 15 is 0 Å². The molecule has 3 aromatic rings. The van der Waals surface area contributed by atoms with Crippen molar-refractivity contribution in [1.82, 2.24) is 4.57 Å². The van der Waals surface area contributed by atoms with Gasteiger partial charge >= 0.3 is 0 Å². The molecule has 0 bridgehead atoms. The zero-order chi connectivity index (χ0) is 22.8. The van der Waals surface area contributed by atoms with Crippen LogP contribution in [-0.2, 0) is 0 Å². The Labute approximate surface area is 197 Å². The minimum atomic E-state index is -0.604. The van der Waals surface area contributed by atoms with Gasteiger partial charge in [0.2, 0.25) is 0 Å². The van der Waals surface area contributed by atoms with Gasteiger partial charge in [-0.15, -0.1) is 34.9 Å². The van der Waals surface area contributed by atoms with Crippen molar-refractivity contribution in [2.75, 3.05) is 12.5 Å². The second-order valence-corrected chi connectivity index (χ2v) is 9.76. The number of fused-ring (bicyclic) bond motifs is 1. The third kappa shape index (κ3) is 3.78. The number of hydrogen-bond acceptors (Lipinski definition) is 7. The molecule has 2 aromatic carbocycles. The number of allylic oxidation sites excluding steroid dienone is 1. The maximum absolute atomic E-state index is 13.2. The summed E-state index contributed by atoms with van der Waals surface area (Å²) in [7, 11) is 0. The number of rotatable bonds is 4. The van der Waals surface area contributed by atoms with Crippen LogP contribution in [0.15, 0.2) is 68.7 Å². The molecule has 1 aliphatic rings. The highest BCUT2D eigenvalue weighted by atomic mass is 32.2. The second-order valence-electron chi connectivity index (χ2n) is 6.97. The number of thiazole rings is 1. The van der Waals surface area contributed by atoms with E-state index in [-0.39, 0.29) is 17.0 Å². The SMILES string of the molecule is CSc1ccc(/C=c2/sc3n(c2=O)C(N)=C(C#N)[C@@H](c2ccc(SC)cc2)C=3C#N)cc1. The summed E-state index contributed by atoms with van der Waals surface area (Å²) >= 11 is 4.48. The molecule has 0 aliphatic carbocycles. The highest BCUT2D eigenvalue weighted by molar-refractivity contribution is 7.98. The van der Waals surface area contributed by atoms with Gasteiger partial charge in [-0.25, -0.2) is 0 Å². The van der Waals surface area contributed by atoms with Gasteiger partial charge in [-0.1, -0.05) is 24.3 Å². The van der Waals surface area contributed by atoms with Crippen LogP contribution >= 0.6 is 34.9 Å². The molecule has 0 radical (unpaired) electrons. The van der Waals surface area contributed by atoms with Crippen LogP contribution in [0.5, 0.6) is 0 Å². The Kier molecular flexibility index (Phi) is 6.29. The van der Waals surface area contributed by atoms with Crippen molar-refractivity contribution in [3.05, 3.63) is 84.8 Å². The first-order valence-corrected chi connectivity index (χ1v) is 12.8. The van der Waals surface area contributed by atoms with Gasteiger partial charge in [-0.3, -0.25) is 9.36 Å². The molecule has 32 heavy (non-hydrogen) atoms. The number of aromatic nitrogens is 1. The van der Waals surface area contributed by atoms with Crippen molar-refractivity contribution in [2.24, 2.45) is 5.73 Å². The number of hydrogen-bond donors (Lipinski definition) is 1. The maximum atomic E-state index is 13.2. The van der Waals surface area contributed by atoms with Crippen molar-refractivity contribution in [3.8, 4) is 12.1 Å². The lowest BCUT2D eigenvalue weighted by Gasteiger charge is -2.22. The molecule has 1 aromatic heterocycles. The number of benzene rings is 2. The Morgan fingerprint density at radius 3 is 2.06 bits per heavy atom. The highest BCUT2D eigenvalue weighted by Crippen LogP contribution is 2.36. The van der Waals surface area contributed by atoms with Crippen LogP contribution in [0, 0.1) is 22.7 Å². The molecule has 1 aliphatic heterocycles. The van der Waals surface area contributed by atoms with E-state index in [1.807, 2.05) is 61.0 Å². The lowest BCUT2D eigenvalue weighted by atomic mass is 9.84. The van der Waals surface area contributed by atoms with E-state index in [2.05, 4.69) is 12.1 Å². The average molecular weight is 475 g/mol. The molecule has 4 rings (SSSR count). The predicted molar refractivity (Wildman–Crippen MR) is 133 cm³/mol. The first kappa shape index (κ1) is 22.0. The van der Waals surface area contributed by atoms with E-state index in [9.17, 15) is 15.3 Å². The van der Waals surface area contributed by atoms with Crippen LogP contribution in [0.3, 0.4) is 0 Å². The van der Waals surface area contributed by atoms with Crippen molar-refractivity contribution >= 4 is 52.3 Å². The first-order valence-electron chi connectivity index (χ1n) is 9.58. The van der Waals surface area contributed by atoms with Gasteiger partial charge in [0.25, 0.3) is 5.56 Å². The van der Waals surface area contributed by atoms with Gasteiger partial charge in [-0.05, 0) is 54.0 Å². The van der Waals surface area contributed by atoms with Crippen LogP contribution < -0.4 is 20.5 Å². The largest absolute Gasteiger partial charge is 0.384 e. The molecule has 0 spiro atoms. The number of nitriles is 2. The fraction of sp³-hybridized carbons (Fsp3) is 0.125. The van der Waals surface area contributed by atoms with Crippen LogP contribution in [0.25, 0.3) is 17.5 Å². The quantitative estimate of drug-likeness (QED) is 0.583. The first-order chi connectivity index (χ1) is 15.5. The molecule has 1 atom stereocenters. The van der Waals surface area contributed by atoms with Gasteiger partial charge < -0.3 is 5.73 Å². The summed E-state index contributed by atoms with van der Waals surface area (Å²) in [4.78, 5) is 15.4. The zero-order valence-electron chi connectivity index (χ0n) is 17.3. The summed E-state index contributed by atoms with van der Waals surface area (Å²) in [5, 5.41) is 19.9. The lowest BCUT2D eigenvalue weighted by Crippen LogP contribution is -2.38. The summed E-state index contributed by atoms with van der Waals surface area (Å²) in [5.74, 6) is -0.522. The predicted octanol–water partition coefficient (Wildman–Crippen LogP) is 3.30. The fourth-order valence-corrected chi connectivity index (χ4v) is 5.58. The van der Waals surface area contributed by atoms with E-state index in [4.69, 9.17) is 5.73 Å². The van der Waals surface area contributed by atoms with Gasteiger partial charge in [-0.2, -0.15) is 10.5 Å². The van der Waals surface area contributed by atoms with Crippen LogP contribution in [0.4, 0.5) is 0 Å². The van der Waals surface area contributed by atoms with Crippen molar-refractivity contribution in [1.29, 1.82) is 10.5 Å². The molecule has 0 amide bonds. The maximum Gasteiger partial charge on any atom is 0.274 e.